The average Bonchev–Trinajstić information content (AvgIpc) is 2.46. The van der Waals surface area contributed by atoms with Crippen LogP contribution in [0.15, 0.2) is 0 Å². The van der Waals surface area contributed by atoms with Gasteiger partial charge in [0.2, 0.25) is 0 Å². The summed E-state index contributed by atoms with van der Waals surface area (Å²) in [5.41, 5.74) is 0. The summed E-state index contributed by atoms with van der Waals surface area (Å²) in [7, 11) is 0. The van der Waals surface area contributed by atoms with Crippen LogP contribution in [0.25, 0.3) is 0 Å². The van der Waals surface area contributed by atoms with Crippen LogP contribution in [-0.4, -0.2) is 25.2 Å². The smallest absolute Gasteiger partial charge is 0.305 e. The van der Waals surface area contributed by atoms with Gasteiger partial charge < -0.3 is 9.47 Å². The maximum atomic E-state index is 11.6. The molecule has 0 unspecified atom stereocenters. The van der Waals surface area contributed by atoms with Gasteiger partial charge in [0, 0.05) is 12.8 Å². The van der Waals surface area contributed by atoms with E-state index in [0.29, 0.717) is 37.9 Å². The summed E-state index contributed by atoms with van der Waals surface area (Å²) in [5, 5.41) is 0. The molecule has 0 aromatic heterocycles. The van der Waals surface area contributed by atoms with Crippen molar-refractivity contribution in [1.29, 1.82) is 0 Å². The highest BCUT2D eigenvalue weighted by Crippen LogP contribution is 2.29. The fourth-order valence-electron chi connectivity index (χ4n) is 3.02. The molecule has 4 nitrogen and oxygen atoms in total. The highest BCUT2D eigenvalue weighted by atomic mass is 16.5. The molecule has 0 aromatic carbocycles. The molecule has 2 heterocycles. The minimum Gasteiger partial charge on any atom is -0.465 e. The summed E-state index contributed by atoms with van der Waals surface area (Å²) in [6.45, 7) is 1.15. The molecule has 2 bridgehead atoms. The lowest BCUT2D eigenvalue weighted by Crippen LogP contribution is -2.24. The van der Waals surface area contributed by atoms with Crippen LogP contribution in [0.4, 0.5) is 0 Å². The molecule has 0 N–H and O–H groups in total. The normalized spacial score (nSPS) is 30.6. The zero-order chi connectivity index (χ0) is 14.2. The minimum absolute atomic E-state index is 0.0568. The van der Waals surface area contributed by atoms with Gasteiger partial charge in [-0.05, 0) is 50.4 Å². The first-order valence-corrected chi connectivity index (χ1v) is 8.05. The van der Waals surface area contributed by atoms with E-state index in [-0.39, 0.29) is 11.9 Å². The largest absolute Gasteiger partial charge is 0.465 e. The van der Waals surface area contributed by atoms with Crippen molar-refractivity contribution in [2.45, 2.75) is 64.2 Å². The van der Waals surface area contributed by atoms with Crippen LogP contribution in [0, 0.1) is 11.8 Å². The Labute approximate surface area is 121 Å². The van der Waals surface area contributed by atoms with E-state index in [9.17, 15) is 9.59 Å². The molecule has 20 heavy (non-hydrogen) atoms. The predicted molar refractivity (Wildman–Crippen MR) is 75.1 cm³/mol. The molecule has 0 spiro atoms. The Bertz CT molecular complexity index is 286. The van der Waals surface area contributed by atoms with Crippen LogP contribution in [0.2, 0.25) is 0 Å². The second kappa shape index (κ2) is 8.28. The second-order valence-electron chi connectivity index (χ2n) is 6.17. The van der Waals surface area contributed by atoms with Gasteiger partial charge in [0.05, 0.1) is 13.2 Å². The summed E-state index contributed by atoms with van der Waals surface area (Å²) in [5.74, 6) is 0.884. The molecule has 2 aliphatic heterocycles. The number of fused-ring (bicyclic) bond motifs is 13. The SMILES string of the molecule is O=C1CCCCCCC(=O)OCC2CCC(CC2)CO1. The fraction of sp³-hybridized carbons (Fsp3) is 0.875. The average molecular weight is 282 g/mol. The summed E-state index contributed by atoms with van der Waals surface area (Å²) in [6, 6.07) is 0. The van der Waals surface area contributed by atoms with Gasteiger partial charge in [-0.2, -0.15) is 0 Å². The summed E-state index contributed by atoms with van der Waals surface area (Å²) < 4.78 is 10.7. The lowest BCUT2D eigenvalue weighted by molar-refractivity contribution is -0.148. The topological polar surface area (TPSA) is 52.6 Å². The molecule has 3 aliphatic rings. The third-order valence-electron chi connectivity index (χ3n) is 4.44. The molecule has 0 aromatic rings. The van der Waals surface area contributed by atoms with Crippen LogP contribution in [0.5, 0.6) is 0 Å². The van der Waals surface area contributed by atoms with Gasteiger partial charge in [-0.15, -0.1) is 0 Å². The van der Waals surface area contributed by atoms with Crippen LogP contribution < -0.4 is 0 Å². The molecule has 3 rings (SSSR count). The first kappa shape index (κ1) is 15.3. The lowest BCUT2D eigenvalue weighted by Gasteiger charge is -2.28. The molecule has 2 saturated heterocycles. The molecular weight excluding hydrogens is 256 g/mol. The molecule has 4 heteroatoms. The minimum atomic E-state index is -0.0568. The predicted octanol–water partition coefficient (Wildman–Crippen LogP) is 3.23. The molecule has 3 fully saturated rings. The van der Waals surface area contributed by atoms with Crippen LogP contribution in [0.1, 0.15) is 64.2 Å². The van der Waals surface area contributed by atoms with Crippen molar-refractivity contribution in [3.63, 3.8) is 0 Å². The zero-order valence-electron chi connectivity index (χ0n) is 12.3. The van der Waals surface area contributed by atoms with Crippen LogP contribution >= 0.6 is 0 Å². The highest BCUT2D eigenvalue weighted by molar-refractivity contribution is 5.69. The maximum absolute atomic E-state index is 11.6. The number of carbonyl (C=O) groups excluding carboxylic acids is 2. The molecule has 0 amide bonds. The Morgan fingerprint density at radius 1 is 0.650 bits per heavy atom. The number of ether oxygens (including phenoxy) is 2. The molecule has 0 radical (unpaired) electrons. The fourth-order valence-corrected chi connectivity index (χ4v) is 3.02. The van der Waals surface area contributed by atoms with Gasteiger partial charge in [-0.3, -0.25) is 9.59 Å². The standard InChI is InChI=1S/C16H26O4/c17-15-5-3-1-2-4-6-16(18)20-12-14-9-7-13(8-10-14)11-19-15/h13-14H,1-12H2. The van der Waals surface area contributed by atoms with E-state index in [1.807, 2.05) is 0 Å². The maximum Gasteiger partial charge on any atom is 0.305 e. The lowest BCUT2D eigenvalue weighted by atomic mass is 9.83. The first-order valence-electron chi connectivity index (χ1n) is 8.05. The Kier molecular flexibility index (Phi) is 6.34. The van der Waals surface area contributed by atoms with E-state index in [1.165, 1.54) is 0 Å². The summed E-state index contributed by atoms with van der Waals surface area (Å²) in [4.78, 5) is 23.2. The van der Waals surface area contributed by atoms with Gasteiger partial charge in [-0.1, -0.05) is 12.8 Å². The van der Waals surface area contributed by atoms with Crippen molar-refractivity contribution in [2.24, 2.45) is 11.8 Å². The number of hydrogen-bond donors (Lipinski definition) is 0. The Hall–Kier alpha value is -1.06. The summed E-state index contributed by atoms with van der Waals surface area (Å²) >= 11 is 0. The number of carbonyl (C=O) groups is 2. The van der Waals surface area contributed by atoms with E-state index < -0.39 is 0 Å². The van der Waals surface area contributed by atoms with Crippen molar-refractivity contribution in [3.05, 3.63) is 0 Å². The van der Waals surface area contributed by atoms with E-state index in [0.717, 1.165) is 51.4 Å². The molecule has 114 valence electrons. The first-order chi connectivity index (χ1) is 9.74. The van der Waals surface area contributed by atoms with Crippen molar-refractivity contribution in [3.8, 4) is 0 Å². The summed E-state index contributed by atoms with van der Waals surface area (Å²) in [6.07, 6.45) is 9.03. The van der Waals surface area contributed by atoms with E-state index in [4.69, 9.17) is 9.47 Å². The Morgan fingerprint density at radius 2 is 1.05 bits per heavy atom. The highest BCUT2D eigenvalue weighted by Gasteiger charge is 2.23. The van der Waals surface area contributed by atoms with Crippen molar-refractivity contribution in [2.75, 3.05) is 13.2 Å². The third kappa shape index (κ3) is 5.51. The van der Waals surface area contributed by atoms with Crippen molar-refractivity contribution < 1.29 is 19.1 Å². The molecule has 1 saturated carbocycles. The van der Waals surface area contributed by atoms with Gasteiger partial charge >= 0.3 is 11.9 Å². The second-order valence-corrected chi connectivity index (χ2v) is 6.17. The molecule has 0 atom stereocenters. The Balaban J connectivity index is 1.81. The number of hydrogen-bond acceptors (Lipinski definition) is 4. The van der Waals surface area contributed by atoms with Gasteiger partial charge in [0.1, 0.15) is 0 Å². The van der Waals surface area contributed by atoms with Gasteiger partial charge in [0.15, 0.2) is 0 Å². The quantitative estimate of drug-likeness (QED) is 0.640. The number of rotatable bonds is 0. The third-order valence-corrected chi connectivity index (χ3v) is 4.44. The number of esters is 2. The van der Waals surface area contributed by atoms with Crippen LogP contribution in [-0.2, 0) is 19.1 Å². The molecule has 1 aliphatic carbocycles. The molecular formula is C16H26O4. The van der Waals surface area contributed by atoms with E-state index in [2.05, 4.69) is 0 Å². The van der Waals surface area contributed by atoms with Gasteiger partial charge in [0.25, 0.3) is 0 Å². The Morgan fingerprint density at radius 3 is 1.45 bits per heavy atom. The van der Waals surface area contributed by atoms with E-state index in [1.54, 1.807) is 0 Å². The van der Waals surface area contributed by atoms with Crippen LogP contribution in [0.3, 0.4) is 0 Å². The van der Waals surface area contributed by atoms with Crippen molar-refractivity contribution in [1.82, 2.24) is 0 Å². The van der Waals surface area contributed by atoms with E-state index >= 15 is 0 Å². The zero-order valence-corrected chi connectivity index (χ0v) is 12.3. The monoisotopic (exact) mass is 282 g/mol. The van der Waals surface area contributed by atoms with Crippen molar-refractivity contribution >= 4 is 11.9 Å². The van der Waals surface area contributed by atoms with Gasteiger partial charge in [-0.25, -0.2) is 0 Å².